The van der Waals surface area contributed by atoms with Crippen molar-refractivity contribution < 1.29 is 14.7 Å². The van der Waals surface area contributed by atoms with E-state index in [0.29, 0.717) is 4.88 Å². The minimum atomic E-state index is -0.888. The average Bonchev–Trinajstić information content (AvgIpc) is 2.81. The highest BCUT2D eigenvalue weighted by Crippen LogP contribution is 2.25. The first-order valence-electron chi connectivity index (χ1n) is 7.53. The molecule has 1 unspecified atom stereocenters. The highest BCUT2D eigenvalue weighted by molar-refractivity contribution is 7.14. The maximum absolute atomic E-state index is 12.3. The van der Waals surface area contributed by atoms with E-state index in [0.717, 1.165) is 19.3 Å². The summed E-state index contributed by atoms with van der Waals surface area (Å²) >= 11 is 1.53. The maximum Gasteiger partial charge on any atom is 0.305 e. The first-order chi connectivity index (χ1) is 9.88. The summed E-state index contributed by atoms with van der Waals surface area (Å²) in [5.41, 5.74) is 1.23. The number of hydrogen-bond acceptors (Lipinski definition) is 3. The van der Waals surface area contributed by atoms with Gasteiger partial charge < -0.3 is 10.4 Å². The van der Waals surface area contributed by atoms with Crippen LogP contribution < -0.4 is 5.32 Å². The van der Waals surface area contributed by atoms with Crippen LogP contribution in [0.4, 0.5) is 0 Å². The summed E-state index contributed by atoms with van der Waals surface area (Å²) in [6.07, 6.45) is 2.92. The van der Waals surface area contributed by atoms with Gasteiger partial charge in [0.2, 0.25) is 0 Å². The van der Waals surface area contributed by atoms with E-state index in [-0.39, 0.29) is 24.3 Å². The number of carboxylic acids is 1. The Bertz CT molecular complexity index is 494. The number of aryl methyl sites for hydroxylation is 2. The Balaban J connectivity index is 2.84. The summed E-state index contributed by atoms with van der Waals surface area (Å²) in [4.78, 5) is 25.2. The Morgan fingerprint density at radius 2 is 2.00 bits per heavy atom. The van der Waals surface area contributed by atoms with Gasteiger partial charge in [-0.2, -0.15) is 0 Å². The fourth-order valence-corrected chi connectivity index (χ4v) is 3.46. The SMILES string of the molecule is CCCc1sc(C(=O)NC(CC(=O)O)C(C)C)cc1CC. The lowest BCUT2D eigenvalue weighted by molar-refractivity contribution is -0.137. The van der Waals surface area contributed by atoms with Crippen LogP contribution in [0, 0.1) is 5.92 Å². The third-order valence-electron chi connectivity index (χ3n) is 3.49. The molecule has 0 saturated carbocycles. The first kappa shape index (κ1) is 17.7. The highest BCUT2D eigenvalue weighted by Gasteiger charge is 2.21. The van der Waals surface area contributed by atoms with E-state index in [1.807, 2.05) is 19.9 Å². The van der Waals surface area contributed by atoms with Gasteiger partial charge in [-0.25, -0.2) is 0 Å². The van der Waals surface area contributed by atoms with Crippen LogP contribution in [0.25, 0.3) is 0 Å². The van der Waals surface area contributed by atoms with Gasteiger partial charge in [0, 0.05) is 10.9 Å². The average molecular weight is 311 g/mol. The number of aliphatic carboxylic acids is 1. The summed E-state index contributed by atoms with van der Waals surface area (Å²) in [5.74, 6) is -0.955. The molecule has 4 nitrogen and oxygen atoms in total. The molecule has 1 amide bonds. The molecule has 0 aliphatic heterocycles. The number of carbonyl (C=O) groups is 2. The molecular formula is C16H25NO3S. The summed E-state index contributed by atoms with van der Waals surface area (Å²) in [6, 6.07) is 1.61. The number of hydrogen-bond donors (Lipinski definition) is 2. The van der Waals surface area contributed by atoms with E-state index in [1.54, 1.807) is 0 Å². The predicted octanol–water partition coefficient (Wildman–Crippen LogP) is 3.49. The Hall–Kier alpha value is -1.36. The van der Waals surface area contributed by atoms with Gasteiger partial charge in [0.1, 0.15) is 0 Å². The van der Waals surface area contributed by atoms with Gasteiger partial charge in [-0.15, -0.1) is 11.3 Å². The van der Waals surface area contributed by atoms with Crippen LogP contribution in [0.1, 0.15) is 60.6 Å². The molecule has 0 saturated heterocycles. The molecule has 1 rings (SSSR count). The number of thiophene rings is 1. The normalized spacial score (nSPS) is 12.4. The first-order valence-corrected chi connectivity index (χ1v) is 8.34. The van der Waals surface area contributed by atoms with Gasteiger partial charge in [0.25, 0.3) is 5.91 Å². The number of rotatable bonds is 8. The van der Waals surface area contributed by atoms with Crippen LogP contribution in [-0.4, -0.2) is 23.0 Å². The number of nitrogens with one attached hydrogen (secondary N) is 1. The molecule has 0 bridgehead atoms. The molecule has 0 radical (unpaired) electrons. The summed E-state index contributed by atoms with van der Waals surface area (Å²) in [6.45, 7) is 8.05. The van der Waals surface area contributed by atoms with Crippen LogP contribution in [0.15, 0.2) is 6.07 Å². The third kappa shape index (κ3) is 5.16. The molecule has 1 heterocycles. The van der Waals surface area contributed by atoms with Crippen molar-refractivity contribution in [1.82, 2.24) is 5.32 Å². The van der Waals surface area contributed by atoms with E-state index in [4.69, 9.17) is 5.11 Å². The number of amides is 1. The quantitative estimate of drug-likeness (QED) is 0.772. The van der Waals surface area contributed by atoms with Gasteiger partial charge in [0.05, 0.1) is 11.3 Å². The van der Waals surface area contributed by atoms with Crippen LogP contribution in [0.2, 0.25) is 0 Å². The zero-order valence-corrected chi connectivity index (χ0v) is 14.0. The topological polar surface area (TPSA) is 66.4 Å². The van der Waals surface area contributed by atoms with E-state index in [9.17, 15) is 9.59 Å². The van der Waals surface area contributed by atoms with Crippen LogP contribution in [0.3, 0.4) is 0 Å². The molecule has 0 aromatic carbocycles. The molecule has 5 heteroatoms. The minimum Gasteiger partial charge on any atom is -0.481 e. The summed E-state index contributed by atoms with van der Waals surface area (Å²) in [7, 11) is 0. The zero-order valence-electron chi connectivity index (χ0n) is 13.2. The lowest BCUT2D eigenvalue weighted by Crippen LogP contribution is -2.39. The Labute approximate surface area is 130 Å². The zero-order chi connectivity index (χ0) is 16.0. The lowest BCUT2D eigenvalue weighted by Gasteiger charge is -2.20. The van der Waals surface area contributed by atoms with Crippen molar-refractivity contribution >= 4 is 23.2 Å². The van der Waals surface area contributed by atoms with Crippen molar-refractivity contribution in [2.24, 2.45) is 5.92 Å². The van der Waals surface area contributed by atoms with Crippen LogP contribution in [-0.2, 0) is 17.6 Å². The van der Waals surface area contributed by atoms with Crippen molar-refractivity contribution in [2.45, 2.75) is 59.4 Å². The fourth-order valence-electron chi connectivity index (χ4n) is 2.20. The highest BCUT2D eigenvalue weighted by atomic mass is 32.1. The Morgan fingerprint density at radius 3 is 2.48 bits per heavy atom. The molecule has 1 atom stereocenters. The van der Waals surface area contributed by atoms with Gasteiger partial charge in [-0.05, 0) is 30.4 Å². The second-order valence-corrected chi connectivity index (χ2v) is 6.72. The summed E-state index contributed by atoms with van der Waals surface area (Å²) in [5, 5.41) is 11.8. The molecule has 0 spiro atoms. The van der Waals surface area contributed by atoms with Crippen molar-refractivity contribution in [3.63, 3.8) is 0 Å². The molecular weight excluding hydrogens is 286 g/mol. The second-order valence-electron chi connectivity index (χ2n) is 5.58. The minimum absolute atomic E-state index is 0.0444. The second kappa shape index (κ2) is 8.17. The monoisotopic (exact) mass is 311 g/mol. The fraction of sp³-hybridized carbons (Fsp3) is 0.625. The van der Waals surface area contributed by atoms with Crippen LogP contribution >= 0.6 is 11.3 Å². The molecule has 2 N–H and O–H groups in total. The molecule has 21 heavy (non-hydrogen) atoms. The molecule has 118 valence electrons. The number of carbonyl (C=O) groups excluding carboxylic acids is 1. The number of carboxylic acid groups (broad SMARTS) is 1. The van der Waals surface area contributed by atoms with E-state index >= 15 is 0 Å². The Morgan fingerprint density at radius 1 is 1.33 bits per heavy atom. The molecule has 0 aliphatic rings. The van der Waals surface area contributed by atoms with Crippen LogP contribution in [0.5, 0.6) is 0 Å². The maximum atomic E-state index is 12.3. The van der Waals surface area contributed by atoms with Gasteiger partial charge in [-0.3, -0.25) is 9.59 Å². The molecule has 1 aromatic heterocycles. The van der Waals surface area contributed by atoms with E-state index in [1.165, 1.54) is 21.8 Å². The van der Waals surface area contributed by atoms with Crippen molar-refractivity contribution in [3.05, 3.63) is 21.4 Å². The van der Waals surface area contributed by atoms with Gasteiger partial charge in [-0.1, -0.05) is 34.1 Å². The standard InChI is InChI=1S/C16H25NO3S/c1-5-7-13-11(6-2)8-14(21-13)16(20)17-12(10(3)4)9-15(18)19/h8,10,12H,5-7,9H2,1-4H3,(H,17,20)(H,18,19). The largest absolute Gasteiger partial charge is 0.481 e. The van der Waals surface area contributed by atoms with Crippen molar-refractivity contribution in [2.75, 3.05) is 0 Å². The summed E-state index contributed by atoms with van der Waals surface area (Å²) < 4.78 is 0. The van der Waals surface area contributed by atoms with Gasteiger partial charge >= 0.3 is 5.97 Å². The van der Waals surface area contributed by atoms with E-state index < -0.39 is 5.97 Å². The van der Waals surface area contributed by atoms with Crippen molar-refractivity contribution in [3.8, 4) is 0 Å². The lowest BCUT2D eigenvalue weighted by atomic mass is 10.0. The molecule has 1 aromatic rings. The predicted molar refractivity (Wildman–Crippen MR) is 86.0 cm³/mol. The molecule has 0 fully saturated rings. The van der Waals surface area contributed by atoms with Crippen molar-refractivity contribution in [1.29, 1.82) is 0 Å². The smallest absolute Gasteiger partial charge is 0.305 e. The third-order valence-corrected chi connectivity index (χ3v) is 4.73. The van der Waals surface area contributed by atoms with Gasteiger partial charge in [0.15, 0.2) is 0 Å². The molecule has 0 aliphatic carbocycles. The van der Waals surface area contributed by atoms with E-state index in [2.05, 4.69) is 19.2 Å². The Kier molecular flexibility index (Phi) is 6.89.